The molecule has 0 aliphatic carbocycles. The average molecular weight is 192 g/mol. The van der Waals surface area contributed by atoms with Crippen LogP contribution in [0.5, 0.6) is 5.75 Å². The van der Waals surface area contributed by atoms with Crippen molar-refractivity contribution >= 4 is 5.97 Å². The van der Waals surface area contributed by atoms with Crippen molar-refractivity contribution in [1.29, 1.82) is 11.1 Å². The van der Waals surface area contributed by atoms with Gasteiger partial charge in [0.25, 0.3) is 0 Å². The van der Waals surface area contributed by atoms with E-state index in [9.17, 15) is 4.79 Å². The Morgan fingerprint density at radius 3 is 2.29 bits per heavy atom. The van der Waals surface area contributed by atoms with Crippen LogP contribution in [-0.4, -0.2) is 5.97 Å². The molecular weight excluding hydrogens is 182 g/mol. The zero-order chi connectivity index (χ0) is 10.8. The molecule has 14 heavy (non-hydrogen) atoms. The number of carbonyl (C=O) groups excluding carboxylic acids is 1. The molecule has 5 heteroatoms. The third-order valence-corrected chi connectivity index (χ3v) is 1.13. The van der Waals surface area contributed by atoms with Crippen LogP contribution < -0.4 is 9.65 Å². The maximum absolute atomic E-state index is 10.6. The molecule has 0 heterocycles. The summed E-state index contributed by atoms with van der Waals surface area (Å²) in [6, 6.07) is 8.87. The summed E-state index contributed by atoms with van der Waals surface area (Å²) in [5.41, 5.74) is 11.0. The Hall–Kier alpha value is -2.26. The predicted octanol–water partition coefficient (Wildman–Crippen LogP) is 1.89. The summed E-state index contributed by atoms with van der Waals surface area (Å²) in [4.78, 5) is 12.6. The van der Waals surface area contributed by atoms with Gasteiger partial charge in [-0.15, -0.1) is 0 Å². The van der Waals surface area contributed by atoms with E-state index in [0.29, 0.717) is 5.75 Å². The highest BCUT2D eigenvalue weighted by molar-refractivity contribution is 5.83. The molecule has 0 aliphatic rings. The van der Waals surface area contributed by atoms with Gasteiger partial charge < -0.3 is 4.74 Å². The molecule has 2 N–H and O–H groups in total. The van der Waals surface area contributed by atoms with Gasteiger partial charge in [0.15, 0.2) is 0 Å². The summed E-state index contributed by atoms with van der Waals surface area (Å²) in [5.74, 6) is 0.105. The highest BCUT2D eigenvalue weighted by Crippen LogP contribution is 2.07. The van der Waals surface area contributed by atoms with Gasteiger partial charge in [-0.05, 0) is 12.1 Å². The van der Waals surface area contributed by atoms with Crippen molar-refractivity contribution in [1.82, 2.24) is 4.91 Å². The Labute approximate surface area is 81.0 Å². The van der Waals surface area contributed by atoms with Crippen molar-refractivity contribution in [3.8, 4) is 5.75 Å². The zero-order valence-electron chi connectivity index (χ0n) is 7.43. The molecule has 0 atom stereocenters. The van der Waals surface area contributed by atoms with Gasteiger partial charge in [-0.3, -0.25) is 0 Å². The molecule has 1 aromatic carbocycles. The second-order valence-electron chi connectivity index (χ2n) is 2.05. The number of hydrogen-bond acceptors (Lipinski definition) is 4. The summed E-state index contributed by atoms with van der Waals surface area (Å²) in [7, 11) is 0. The SMILES string of the molecule is C=CC(=O)Oc1ccccc1.N=[N+]=N. The average Bonchev–Trinajstić information content (AvgIpc) is 2.20. The van der Waals surface area contributed by atoms with E-state index in [4.69, 9.17) is 15.8 Å². The molecule has 0 bridgehead atoms. The molecule has 1 rings (SSSR count). The van der Waals surface area contributed by atoms with Crippen LogP contribution in [0.3, 0.4) is 0 Å². The molecule has 0 saturated heterocycles. The first-order valence-corrected chi connectivity index (χ1v) is 3.67. The van der Waals surface area contributed by atoms with Crippen LogP contribution in [0, 0.1) is 11.1 Å². The fourth-order valence-corrected chi connectivity index (χ4v) is 0.646. The van der Waals surface area contributed by atoms with Crippen molar-refractivity contribution in [3.05, 3.63) is 43.0 Å². The minimum Gasteiger partial charge on any atom is -0.423 e. The first kappa shape index (κ1) is 11.7. The van der Waals surface area contributed by atoms with Crippen LogP contribution in [0.15, 0.2) is 43.0 Å². The lowest BCUT2D eigenvalue weighted by molar-refractivity contribution is -0.128. The Kier molecular flexibility index (Phi) is 6.20. The number of nitrogens with one attached hydrogen (secondary N) is 2. The Balaban J connectivity index is 0.000000500. The molecule has 0 aromatic heterocycles. The van der Waals surface area contributed by atoms with Crippen LogP contribution >= 0.6 is 0 Å². The van der Waals surface area contributed by atoms with Crippen molar-refractivity contribution in [3.63, 3.8) is 0 Å². The highest BCUT2D eigenvalue weighted by atomic mass is 16.5. The van der Waals surface area contributed by atoms with Gasteiger partial charge in [0.05, 0.1) is 0 Å². The van der Waals surface area contributed by atoms with E-state index in [-0.39, 0.29) is 0 Å². The summed E-state index contributed by atoms with van der Waals surface area (Å²) in [5, 5.41) is 0. The maximum atomic E-state index is 10.6. The Morgan fingerprint density at radius 1 is 1.36 bits per heavy atom. The van der Waals surface area contributed by atoms with Crippen LogP contribution in [-0.2, 0) is 4.79 Å². The third kappa shape index (κ3) is 5.40. The Bertz CT molecular complexity index is 329. The van der Waals surface area contributed by atoms with E-state index in [1.807, 2.05) is 11.0 Å². The van der Waals surface area contributed by atoms with Gasteiger partial charge in [0.2, 0.25) is 4.91 Å². The van der Waals surface area contributed by atoms with Crippen molar-refractivity contribution in [2.45, 2.75) is 0 Å². The number of esters is 1. The molecule has 0 amide bonds. The zero-order valence-corrected chi connectivity index (χ0v) is 7.43. The van der Waals surface area contributed by atoms with Crippen LogP contribution in [0.2, 0.25) is 0 Å². The summed E-state index contributed by atoms with van der Waals surface area (Å²) >= 11 is 0. The summed E-state index contributed by atoms with van der Waals surface area (Å²) in [6.45, 7) is 3.28. The molecule has 72 valence electrons. The molecule has 0 spiro atoms. The molecule has 0 radical (unpaired) electrons. The van der Waals surface area contributed by atoms with Gasteiger partial charge >= 0.3 is 5.97 Å². The normalized spacial score (nSPS) is 7.43. The number of para-hydroxylation sites is 1. The van der Waals surface area contributed by atoms with E-state index in [2.05, 4.69) is 6.58 Å². The molecule has 0 fully saturated rings. The number of rotatable bonds is 2. The topological polar surface area (TPSA) is 88.1 Å². The molecule has 0 aliphatic heterocycles. The molecular formula is C9H10N3O2+. The van der Waals surface area contributed by atoms with Gasteiger partial charge in [0.1, 0.15) is 16.8 Å². The fraction of sp³-hybridized carbons (Fsp3) is 0. The summed E-state index contributed by atoms with van der Waals surface area (Å²) < 4.78 is 4.81. The van der Waals surface area contributed by atoms with Gasteiger partial charge in [0, 0.05) is 6.08 Å². The largest absolute Gasteiger partial charge is 0.423 e. The number of carbonyl (C=O) groups is 1. The molecule has 0 unspecified atom stereocenters. The van der Waals surface area contributed by atoms with Gasteiger partial charge in [-0.1, -0.05) is 24.8 Å². The quantitative estimate of drug-likeness (QED) is 0.246. The van der Waals surface area contributed by atoms with Crippen molar-refractivity contribution in [2.24, 2.45) is 0 Å². The summed E-state index contributed by atoms with van der Waals surface area (Å²) in [6.07, 6.45) is 1.13. The fourth-order valence-electron chi connectivity index (χ4n) is 0.646. The van der Waals surface area contributed by atoms with Crippen molar-refractivity contribution in [2.75, 3.05) is 0 Å². The first-order valence-electron chi connectivity index (χ1n) is 3.67. The number of nitrogens with zero attached hydrogens (tertiary/aromatic N) is 1. The number of ether oxygens (including phenoxy) is 1. The standard InChI is InChI=1S/C9H8O2.H2N3/c1-2-9(10)11-8-6-4-3-5-7-8;1-3-2/h2-7H,1H2;1-2H/q;+1. The lowest BCUT2D eigenvalue weighted by Gasteiger charge is -1.98. The van der Waals surface area contributed by atoms with Gasteiger partial charge in [-0.25, -0.2) is 4.79 Å². The van der Waals surface area contributed by atoms with Crippen LogP contribution in [0.25, 0.3) is 0 Å². The predicted molar refractivity (Wildman–Crippen MR) is 49.8 cm³/mol. The van der Waals surface area contributed by atoms with E-state index >= 15 is 0 Å². The molecule has 0 saturated carbocycles. The molecule has 1 aromatic rings. The van der Waals surface area contributed by atoms with E-state index in [1.165, 1.54) is 0 Å². The maximum Gasteiger partial charge on any atom is 0.335 e. The first-order chi connectivity index (χ1) is 6.74. The van der Waals surface area contributed by atoms with Crippen LogP contribution in [0.1, 0.15) is 0 Å². The lowest BCUT2D eigenvalue weighted by Crippen LogP contribution is -2.02. The second kappa shape index (κ2) is 7.39. The lowest BCUT2D eigenvalue weighted by atomic mass is 10.3. The highest BCUT2D eigenvalue weighted by Gasteiger charge is 1.95. The number of hydrogen-bond donors (Lipinski definition) is 2. The van der Waals surface area contributed by atoms with E-state index < -0.39 is 5.97 Å². The third-order valence-electron chi connectivity index (χ3n) is 1.13. The van der Waals surface area contributed by atoms with Crippen molar-refractivity contribution < 1.29 is 9.53 Å². The van der Waals surface area contributed by atoms with Crippen LogP contribution in [0.4, 0.5) is 0 Å². The smallest absolute Gasteiger partial charge is 0.335 e. The van der Waals surface area contributed by atoms with E-state index in [0.717, 1.165) is 6.08 Å². The molecule has 5 nitrogen and oxygen atoms in total. The minimum atomic E-state index is -0.434. The second-order valence-corrected chi connectivity index (χ2v) is 2.05. The number of benzene rings is 1. The minimum absolute atomic E-state index is 0.434. The monoisotopic (exact) mass is 192 g/mol. The van der Waals surface area contributed by atoms with Gasteiger partial charge in [-0.2, -0.15) is 0 Å². The van der Waals surface area contributed by atoms with E-state index in [1.54, 1.807) is 24.3 Å². The Morgan fingerprint density at radius 2 is 1.86 bits per heavy atom.